The molecule has 1 heterocycles. The average molecular weight is 196 g/mol. The van der Waals surface area contributed by atoms with Gasteiger partial charge in [0.25, 0.3) is 0 Å². The molecule has 0 radical (unpaired) electrons. The molecule has 0 aliphatic carbocycles. The van der Waals surface area contributed by atoms with Crippen molar-refractivity contribution in [3.8, 4) is 0 Å². The first-order chi connectivity index (χ1) is 5.47. The normalized spacial score (nSPS) is 32.2. The standard InChI is InChI=1S/C5H14BO5P/c6-5-2-1-4(11-5)3-10-12(7,8)9/h4-5,7-9,12H,1-3,6H2. The van der Waals surface area contributed by atoms with Crippen LogP contribution < -0.4 is 0 Å². The van der Waals surface area contributed by atoms with Gasteiger partial charge in [-0.25, -0.2) is 0 Å². The Morgan fingerprint density at radius 1 is 1.42 bits per heavy atom. The Labute approximate surface area is 72.4 Å². The summed E-state index contributed by atoms with van der Waals surface area (Å²) in [6.07, 6.45) is 1.68. The zero-order chi connectivity index (χ0) is 9.19. The van der Waals surface area contributed by atoms with Gasteiger partial charge in [-0.15, -0.1) is 0 Å². The molecule has 2 unspecified atom stereocenters. The van der Waals surface area contributed by atoms with Crippen molar-refractivity contribution in [1.29, 1.82) is 0 Å². The van der Waals surface area contributed by atoms with Gasteiger partial charge in [-0.3, -0.25) is 0 Å². The predicted molar refractivity (Wildman–Crippen MR) is 47.4 cm³/mol. The molecule has 7 heteroatoms. The second kappa shape index (κ2) is 4.00. The average Bonchev–Trinajstić information content (AvgIpc) is 2.30. The molecule has 72 valence electrons. The summed E-state index contributed by atoms with van der Waals surface area (Å²) in [6, 6.07) is 0.200. The predicted octanol–water partition coefficient (Wildman–Crippen LogP) is -1.47. The van der Waals surface area contributed by atoms with Crippen LogP contribution >= 0.6 is 8.17 Å². The zero-order valence-electron chi connectivity index (χ0n) is 6.93. The summed E-state index contributed by atoms with van der Waals surface area (Å²) < 4.78 is 9.76. The molecule has 0 bridgehead atoms. The monoisotopic (exact) mass is 196 g/mol. The summed E-state index contributed by atoms with van der Waals surface area (Å²) in [6.45, 7) is 0.0556. The van der Waals surface area contributed by atoms with Gasteiger partial charge in [-0.05, 0) is 0 Å². The van der Waals surface area contributed by atoms with Gasteiger partial charge in [-0.1, -0.05) is 0 Å². The van der Waals surface area contributed by atoms with Crippen LogP contribution in [0.1, 0.15) is 12.8 Å². The molecule has 2 atom stereocenters. The van der Waals surface area contributed by atoms with E-state index in [4.69, 9.17) is 19.4 Å². The molecule has 0 amide bonds. The van der Waals surface area contributed by atoms with Crippen LogP contribution in [0.15, 0.2) is 0 Å². The molecule has 0 spiro atoms. The third-order valence-electron chi connectivity index (χ3n) is 1.78. The van der Waals surface area contributed by atoms with E-state index < -0.39 is 8.17 Å². The van der Waals surface area contributed by atoms with E-state index in [2.05, 4.69) is 4.52 Å². The molecule has 1 fully saturated rings. The first kappa shape index (κ1) is 10.4. The van der Waals surface area contributed by atoms with E-state index >= 15 is 0 Å². The first-order valence-corrected chi connectivity index (χ1v) is 5.69. The summed E-state index contributed by atoms with van der Waals surface area (Å²) in [4.78, 5) is 25.5. The van der Waals surface area contributed by atoms with Crippen molar-refractivity contribution < 1.29 is 23.9 Å². The van der Waals surface area contributed by atoms with Crippen molar-refractivity contribution in [2.24, 2.45) is 0 Å². The second-order valence-electron chi connectivity index (χ2n) is 3.03. The van der Waals surface area contributed by atoms with Gasteiger partial charge >= 0.3 is 71.5 Å². The SMILES string of the molecule is BC1CCC(CO[PH](O)(O)O)O1. The molecule has 1 aliphatic heterocycles. The first-order valence-electron chi connectivity index (χ1n) is 3.94. The molecule has 0 saturated carbocycles. The van der Waals surface area contributed by atoms with E-state index in [0.29, 0.717) is 0 Å². The van der Waals surface area contributed by atoms with E-state index in [1.165, 1.54) is 0 Å². The molecular weight excluding hydrogens is 182 g/mol. The third kappa shape index (κ3) is 3.80. The van der Waals surface area contributed by atoms with Crippen LogP contribution in [0.25, 0.3) is 0 Å². The molecule has 1 aliphatic rings. The molecule has 0 aromatic carbocycles. The Morgan fingerprint density at radius 2 is 2.08 bits per heavy atom. The summed E-state index contributed by atoms with van der Waals surface area (Å²) in [5.74, 6) is 0. The summed E-state index contributed by atoms with van der Waals surface area (Å²) in [5.41, 5.74) is 0. The van der Waals surface area contributed by atoms with Crippen LogP contribution in [0, 0.1) is 0 Å². The van der Waals surface area contributed by atoms with Gasteiger partial charge in [0.15, 0.2) is 0 Å². The van der Waals surface area contributed by atoms with Crippen molar-refractivity contribution in [3.63, 3.8) is 0 Å². The van der Waals surface area contributed by atoms with Gasteiger partial charge in [0, 0.05) is 0 Å². The fraction of sp³-hybridized carbons (Fsp3) is 1.00. The molecule has 12 heavy (non-hydrogen) atoms. The van der Waals surface area contributed by atoms with E-state index in [9.17, 15) is 0 Å². The molecule has 1 saturated heterocycles. The molecule has 0 aromatic heterocycles. The van der Waals surface area contributed by atoms with Gasteiger partial charge in [0.1, 0.15) is 0 Å². The topological polar surface area (TPSA) is 79.2 Å². The Balaban J connectivity index is 2.16. The molecule has 1 rings (SSSR count). The van der Waals surface area contributed by atoms with Crippen molar-refractivity contribution in [1.82, 2.24) is 0 Å². The maximum absolute atomic E-state index is 8.52. The minimum absolute atomic E-state index is 0.0556. The number of hydrogen-bond donors (Lipinski definition) is 3. The van der Waals surface area contributed by atoms with Gasteiger partial charge in [-0.2, -0.15) is 0 Å². The van der Waals surface area contributed by atoms with Crippen LogP contribution in [0.3, 0.4) is 0 Å². The second-order valence-corrected chi connectivity index (χ2v) is 4.47. The van der Waals surface area contributed by atoms with Crippen molar-refractivity contribution in [2.45, 2.75) is 24.9 Å². The van der Waals surface area contributed by atoms with Crippen LogP contribution in [-0.2, 0) is 9.26 Å². The van der Waals surface area contributed by atoms with Crippen molar-refractivity contribution in [2.75, 3.05) is 6.61 Å². The van der Waals surface area contributed by atoms with Crippen LogP contribution in [0.5, 0.6) is 0 Å². The van der Waals surface area contributed by atoms with Gasteiger partial charge in [0.05, 0.1) is 0 Å². The molecule has 5 nitrogen and oxygen atoms in total. The Kier molecular flexibility index (Phi) is 3.46. The molecule has 0 aromatic rings. The molecule has 3 N–H and O–H groups in total. The summed E-state index contributed by atoms with van der Waals surface area (Å²) >= 11 is 0. The van der Waals surface area contributed by atoms with Crippen molar-refractivity contribution >= 4 is 16.0 Å². The van der Waals surface area contributed by atoms with Gasteiger partial charge in [0.2, 0.25) is 0 Å². The number of ether oxygens (including phenoxy) is 1. The summed E-state index contributed by atoms with van der Waals surface area (Å²) in [7, 11) is -2.38. The third-order valence-corrected chi connectivity index (χ3v) is 2.34. The summed E-state index contributed by atoms with van der Waals surface area (Å²) in [5, 5.41) is 0. The maximum atomic E-state index is 8.52. The molecular formula is C5H14BO5P. The van der Waals surface area contributed by atoms with E-state index in [0.717, 1.165) is 12.8 Å². The Bertz CT molecular complexity index is 149. The van der Waals surface area contributed by atoms with Crippen LogP contribution in [0.2, 0.25) is 0 Å². The minimum atomic E-state index is -4.33. The van der Waals surface area contributed by atoms with E-state index in [1.807, 2.05) is 7.85 Å². The van der Waals surface area contributed by atoms with Crippen LogP contribution in [-0.4, -0.2) is 41.2 Å². The van der Waals surface area contributed by atoms with Gasteiger partial charge < -0.3 is 0 Å². The Hall–Kier alpha value is 0.295. The van der Waals surface area contributed by atoms with Crippen molar-refractivity contribution in [3.05, 3.63) is 0 Å². The number of rotatable bonds is 3. The van der Waals surface area contributed by atoms with E-state index in [-0.39, 0.29) is 18.7 Å². The fourth-order valence-electron chi connectivity index (χ4n) is 1.21. The van der Waals surface area contributed by atoms with E-state index in [1.54, 1.807) is 0 Å². The zero-order valence-corrected chi connectivity index (χ0v) is 7.93. The quantitative estimate of drug-likeness (QED) is 0.379. The number of hydrogen-bond acceptors (Lipinski definition) is 5. The Morgan fingerprint density at radius 3 is 2.50 bits per heavy atom. The van der Waals surface area contributed by atoms with Crippen LogP contribution in [0.4, 0.5) is 0 Å². The fourth-order valence-corrected chi connectivity index (χ4v) is 1.62.